The number of nitrogens with zero attached hydrogens (tertiary/aromatic N) is 2. The Bertz CT molecular complexity index is 1640. The summed E-state index contributed by atoms with van der Waals surface area (Å²) in [6.45, 7) is 1.88. The first-order valence-electron chi connectivity index (χ1n) is 10.7. The summed E-state index contributed by atoms with van der Waals surface area (Å²) in [5.41, 5.74) is 1.93. The van der Waals surface area contributed by atoms with Crippen LogP contribution in [0.4, 0.5) is 0 Å². The fourth-order valence-electron chi connectivity index (χ4n) is 3.77. The minimum Gasteiger partial charge on any atom is -0.496 e. The molecule has 35 heavy (non-hydrogen) atoms. The molecule has 0 spiro atoms. The van der Waals surface area contributed by atoms with Crippen LogP contribution in [-0.4, -0.2) is 24.6 Å². The number of para-hydroxylation sites is 3. The van der Waals surface area contributed by atoms with Gasteiger partial charge in [-0.25, -0.2) is 0 Å². The molecule has 0 bridgehead atoms. The molecule has 7 heteroatoms. The lowest BCUT2D eigenvalue weighted by Crippen LogP contribution is -2.32. The highest BCUT2D eigenvalue weighted by Crippen LogP contribution is 2.21. The Morgan fingerprint density at radius 3 is 2.26 bits per heavy atom. The molecule has 4 aromatic rings. The third-order valence-electron chi connectivity index (χ3n) is 5.51. The van der Waals surface area contributed by atoms with Crippen molar-refractivity contribution in [3.8, 4) is 23.3 Å². The second-order valence-electron chi connectivity index (χ2n) is 7.60. The maximum absolute atomic E-state index is 13.7. The molecule has 0 fully saturated rings. The molecule has 6 nitrogen and oxygen atoms in total. The fraction of sp³-hybridized carbons (Fsp3) is 0.107. The number of thiazole rings is 1. The number of hydrogen-bond donors (Lipinski definition) is 0. The molecule has 0 aliphatic carbocycles. The van der Waals surface area contributed by atoms with E-state index < -0.39 is 5.78 Å². The van der Waals surface area contributed by atoms with E-state index in [1.807, 2.05) is 49.4 Å². The number of methoxy groups -OCH3 is 2. The van der Waals surface area contributed by atoms with E-state index >= 15 is 0 Å². The van der Waals surface area contributed by atoms with Crippen molar-refractivity contribution in [3.05, 3.63) is 109 Å². The van der Waals surface area contributed by atoms with E-state index in [1.54, 1.807) is 49.6 Å². The van der Waals surface area contributed by atoms with Crippen molar-refractivity contribution in [3.63, 3.8) is 0 Å². The number of aryl methyl sites for hydroxylation is 1. The zero-order chi connectivity index (χ0) is 24.9. The molecular formula is C28H22N2O4S. The van der Waals surface area contributed by atoms with Crippen LogP contribution >= 0.6 is 11.3 Å². The number of Topliss-reactive ketones (excluding diaryl/α,β-unsaturated/α-hetero) is 1. The quantitative estimate of drug-likeness (QED) is 0.392. The van der Waals surface area contributed by atoms with Gasteiger partial charge in [0.2, 0.25) is 5.78 Å². The molecule has 4 rings (SSSR count). The Kier molecular flexibility index (Phi) is 6.95. The Hall–Kier alpha value is -4.41. The maximum atomic E-state index is 13.7. The molecule has 1 aromatic heterocycles. The number of nitriles is 1. The van der Waals surface area contributed by atoms with Gasteiger partial charge in [0.25, 0.3) is 5.56 Å². The summed E-state index contributed by atoms with van der Waals surface area (Å²) in [4.78, 5) is 27.2. The SMILES string of the molecule is COc1ccccc1C=c1sc(=C(C#N)C(=O)c2ccccc2OC)n(-c2ccccc2C)c1=O. The summed E-state index contributed by atoms with van der Waals surface area (Å²) in [5.74, 6) is 0.448. The van der Waals surface area contributed by atoms with Crippen LogP contribution in [0.15, 0.2) is 77.6 Å². The average Bonchev–Trinajstić information content (AvgIpc) is 3.20. The van der Waals surface area contributed by atoms with Crippen LogP contribution in [0, 0.1) is 18.3 Å². The number of aromatic nitrogens is 1. The minimum atomic E-state index is -0.516. The second-order valence-corrected chi connectivity index (χ2v) is 8.63. The Morgan fingerprint density at radius 2 is 1.57 bits per heavy atom. The van der Waals surface area contributed by atoms with Crippen molar-refractivity contribution >= 4 is 28.8 Å². The van der Waals surface area contributed by atoms with E-state index in [2.05, 4.69) is 0 Å². The van der Waals surface area contributed by atoms with Crippen LogP contribution < -0.4 is 24.2 Å². The molecular weight excluding hydrogens is 460 g/mol. The summed E-state index contributed by atoms with van der Waals surface area (Å²) < 4.78 is 12.8. The molecule has 0 amide bonds. The predicted molar refractivity (Wildman–Crippen MR) is 137 cm³/mol. The lowest BCUT2D eigenvalue weighted by atomic mass is 10.0. The van der Waals surface area contributed by atoms with Gasteiger partial charge in [0, 0.05) is 5.56 Å². The van der Waals surface area contributed by atoms with Gasteiger partial charge < -0.3 is 9.47 Å². The monoisotopic (exact) mass is 482 g/mol. The molecule has 3 aromatic carbocycles. The van der Waals surface area contributed by atoms with E-state index in [0.717, 1.165) is 16.9 Å². The van der Waals surface area contributed by atoms with E-state index in [0.29, 0.717) is 27.3 Å². The van der Waals surface area contributed by atoms with Crippen LogP contribution in [0.1, 0.15) is 21.5 Å². The molecule has 0 aliphatic rings. The molecule has 0 radical (unpaired) electrons. The van der Waals surface area contributed by atoms with Gasteiger partial charge >= 0.3 is 0 Å². The number of rotatable bonds is 6. The number of ketones is 1. The van der Waals surface area contributed by atoms with E-state index in [4.69, 9.17) is 9.47 Å². The van der Waals surface area contributed by atoms with Gasteiger partial charge in [-0.15, -0.1) is 11.3 Å². The summed E-state index contributed by atoms with van der Waals surface area (Å²) in [6.07, 6.45) is 1.71. The smallest absolute Gasteiger partial charge is 0.273 e. The van der Waals surface area contributed by atoms with Gasteiger partial charge in [-0.2, -0.15) is 5.26 Å². The molecule has 0 saturated carbocycles. The van der Waals surface area contributed by atoms with Crippen molar-refractivity contribution in [2.24, 2.45) is 0 Å². The van der Waals surface area contributed by atoms with E-state index in [-0.39, 0.29) is 21.4 Å². The second kappa shape index (κ2) is 10.2. The zero-order valence-corrected chi connectivity index (χ0v) is 20.3. The molecule has 0 atom stereocenters. The summed E-state index contributed by atoms with van der Waals surface area (Å²) in [7, 11) is 3.03. The van der Waals surface area contributed by atoms with Gasteiger partial charge in [0.05, 0.1) is 30.0 Å². The Labute approximate surface area is 206 Å². The van der Waals surface area contributed by atoms with Crippen molar-refractivity contribution in [1.82, 2.24) is 4.57 Å². The summed E-state index contributed by atoms with van der Waals surface area (Å²) in [5, 5.41) is 10.1. The van der Waals surface area contributed by atoms with Crippen molar-refractivity contribution in [1.29, 1.82) is 5.26 Å². The van der Waals surface area contributed by atoms with Crippen LogP contribution in [0.5, 0.6) is 11.5 Å². The average molecular weight is 483 g/mol. The van der Waals surface area contributed by atoms with Crippen molar-refractivity contribution in [2.45, 2.75) is 6.92 Å². The van der Waals surface area contributed by atoms with E-state index in [1.165, 1.54) is 11.7 Å². The number of ether oxygens (including phenoxy) is 2. The van der Waals surface area contributed by atoms with Crippen LogP contribution in [0.3, 0.4) is 0 Å². The molecule has 174 valence electrons. The first-order chi connectivity index (χ1) is 17.0. The number of carbonyl (C=O) groups excluding carboxylic acids is 1. The lowest BCUT2D eigenvalue weighted by Gasteiger charge is -2.08. The first kappa shape index (κ1) is 23.7. The van der Waals surface area contributed by atoms with Crippen molar-refractivity contribution < 1.29 is 14.3 Å². The zero-order valence-electron chi connectivity index (χ0n) is 19.4. The highest BCUT2D eigenvalue weighted by molar-refractivity contribution is 7.07. The number of hydrogen-bond acceptors (Lipinski definition) is 6. The van der Waals surface area contributed by atoms with Crippen molar-refractivity contribution in [2.75, 3.05) is 14.2 Å². The third kappa shape index (κ3) is 4.52. The lowest BCUT2D eigenvalue weighted by molar-refractivity contribution is 0.105. The van der Waals surface area contributed by atoms with Crippen LogP contribution in [-0.2, 0) is 0 Å². The highest BCUT2D eigenvalue weighted by atomic mass is 32.1. The van der Waals surface area contributed by atoms with Gasteiger partial charge in [-0.3, -0.25) is 14.2 Å². The molecule has 0 saturated heterocycles. The Balaban J connectivity index is 2.11. The number of carbonyl (C=O) groups is 1. The summed E-state index contributed by atoms with van der Waals surface area (Å²) in [6, 6.07) is 23.4. The normalized spacial score (nSPS) is 12.1. The van der Waals surface area contributed by atoms with Gasteiger partial charge in [0.15, 0.2) is 0 Å². The fourth-order valence-corrected chi connectivity index (χ4v) is 4.86. The largest absolute Gasteiger partial charge is 0.496 e. The third-order valence-corrected chi connectivity index (χ3v) is 6.60. The molecule has 0 unspecified atom stereocenters. The highest BCUT2D eigenvalue weighted by Gasteiger charge is 2.21. The molecule has 0 aliphatic heterocycles. The Morgan fingerprint density at radius 1 is 0.943 bits per heavy atom. The topological polar surface area (TPSA) is 81.3 Å². The van der Waals surface area contributed by atoms with E-state index in [9.17, 15) is 14.9 Å². The van der Waals surface area contributed by atoms with Gasteiger partial charge in [-0.1, -0.05) is 48.5 Å². The summed E-state index contributed by atoms with van der Waals surface area (Å²) >= 11 is 1.09. The first-order valence-corrected chi connectivity index (χ1v) is 11.6. The van der Waals surface area contributed by atoms with Crippen LogP contribution in [0.2, 0.25) is 0 Å². The molecule has 0 N–H and O–H groups in total. The van der Waals surface area contributed by atoms with Crippen LogP contribution in [0.25, 0.3) is 17.3 Å². The maximum Gasteiger partial charge on any atom is 0.273 e. The minimum absolute atomic E-state index is 0.139. The standard InChI is InChI=1S/C28H22N2O4S/c1-18-10-4-7-13-22(18)30-27(32)25(16-19-11-5-8-14-23(19)33-2)35-28(30)21(17-29)26(31)20-12-6-9-15-24(20)34-3/h4-16H,1-3H3. The van der Waals surface area contributed by atoms with Gasteiger partial charge in [-0.05, 0) is 42.8 Å². The number of benzene rings is 3. The van der Waals surface area contributed by atoms with Gasteiger partial charge in [0.1, 0.15) is 27.8 Å². The molecule has 1 heterocycles. The predicted octanol–water partition coefficient (Wildman–Crippen LogP) is 3.61.